The first-order valence-electron chi connectivity index (χ1n) is 6.19. The van der Waals surface area contributed by atoms with Crippen molar-refractivity contribution in [2.24, 2.45) is 11.5 Å². The molecule has 0 radical (unpaired) electrons. The predicted molar refractivity (Wildman–Crippen MR) is 77.4 cm³/mol. The standard InChI is InChI=1S/C11H22N4O4S/c1-20-6-4-7(12)9(16)15-8(10(17)18)3-2-5-14-11(13)19/h7-8H,2-6,12H2,1H3,(H,15,16)(H,17,18)(H3,13,14,19)/t7-,8-/m0/s1. The fourth-order valence-corrected chi connectivity index (χ4v) is 1.92. The molecular formula is C11H22N4O4S. The molecule has 0 fully saturated rings. The van der Waals surface area contributed by atoms with Gasteiger partial charge in [-0.05, 0) is 31.3 Å². The molecular weight excluding hydrogens is 284 g/mol. The second kappa shape index (κ2) is 10.3. The largest absolute Gasteiger partial charge is 0.480 e. The number of carboxylic acids is 1. The number of hydrogen-bond acceptors (Lipinski definition) is 5. The third kappa shape index (κ3) is 8.59. The number of hydrogen-bond donors (Lipinski definition) is 5. The Bertz CT molecular complexity index is 340. The van der Waals surface area contributed by atoms with Crippen molar-refractivity contribution in [3.8, 4) is 0 Å². The second-order valence-electron chi connectivity index (χ2n) is 4.22. The van der Waals surface area contributed by atoms with E-state index in [9.17, 15) is 14.4 Å². The lowest BCUT2D eigenvalue weighted by molar-refractivity contribution is -0.142. The Kier molecular flexibility index (Phi) is 9.56. The fourth-order valence-electron chi connectivity index (χ4n) is 1.43. The van der Waals surface area contributed by atoms with Gasteiger partial charge in [0, 0.05) is 6.54 Å². The molecule has 8 nitrogen and oxygen atoms in total. The molecule has 7 N–H and O–H groups in total. The van der Waals surface area contributed by atoms with Gasteiger partial charge in [0.25, 0.3) is 0 Å². The molecule has 9 heteroatoms. The molecule has 3 amide bonds. The van der Waals surface area contributed by atoms with E-state index in [2.05, 4.69) is 10.6 Å². The third-order valence-corrected chi connectivity index (χ3v) is 3.20. The van der Waals surface area contributed by atoms with E-state index in [4.69, 9.17) is 16.6 Å². The van der Waals surface area contributed by atoms with Gasteiger partial charge in [0.2, 0.25) is 5.91 Å². The van der Waals surface area contributed by atoms with Gasteiger partial charge in [-0.15, -0.1) is 0 Å². The van der Waals surface area contributed by atoms with Crippen molar-refractivity contribution < 1.29 is 19.5 Å². The highest BCUT2D eigenvalue weighted by atomic mass is 32.2. The average Bonchev–Trinajstić information content (AvgIpc) is 2.38. The number of nitrogens with two attached hydrogens (primary N) is 2. The first-order chi connectivity index (χ1) is 9.38. The lowest BCUT2D eigenvalue weighted by Gasteiger charge is -2.17. The molecule has 0 heterocycles. The summed E-state index contributed by atoms with van der Waals surface area (Å²) < 4.78 is 0. The molecule has 0 spiro atoms. The molecule has 0 aromatic heterocycles. The molecule has 0 aliphatic carbocycles. The Morgan fingerprint density at radius 3 is 2.45 bits per heavy atom. The zero-order valence-corrected chi connectivity index (χ0v) is 12.2. The summed E-state index contributed by atoms with van der Waals surface area (Å²) in [5, 5.41) is 13.8. The van der Waals surface area contributed by atoms with Crippen molar-refractivity contribution in [2.75, 3.05) is 18.6 Å². The Hall–Kier alpha value is -1.48. The number of amides is 3. The van der Waals surface area contributed by atoms with Gasteiger partial charge in [-0.1, -0.05) is 0 Å². The number of aliphatic carboxylic acids is 1. The minimum atomic E-state index is -1.13. The molecule has 116 valence electrons. The molecule has 20 heavy (non-hydrogen) atoms. The summed E-state index contributed by atoms with van der Waals surface area (Å²) in [6, 6.07) is -2.40. The summed E-state index contributed by atoms with van der Waals surface area (Å²) in [5.41, 5.74) is 10.5. The monoisotopic (exact) mass is 306 g/mol. The average molecular weight is 306 g/mol. The third-order valence-electron chi connectivity index (χ3n) is 2.55. The van der Waals surface area contributed by atoms with E-state index < -0.39 is 30.0 Å². The second-order valence-corrected chi connectivity index (χ2v) is 5.21. The number of thioether (sulfide) groups is 1. The van der Waals surface area contributed by atoms with Crippen LogP contribution in [-0.2, 0) is 9.59 Å². The van der Waals surface area contributed by atoms with E-state index in [1.165, 1.54) is 0 Å². The number of nitrogens with one attached hydrogen (secondary N) is 2. The molecule has 0 aliphatic heterocycles. The number of urea groups is 1. The van der Waals surface area contributed by atoms with E-state index in [1.54, 1.807) is 11.8 Å². The zero-order valence-electron chi connectivity index (χ0n) is 11.4. The van der Waals surface area contributed by atoms with Crippen LogP contribution in [0.1, 0.15) is 19.3 Å². The predicted octanol–water partition coefficient (Wildman–Crippen LogP) is -0.915. The van der Waals surface area contributed by atoms with Crippen molar-refractivity contribution in [3.05, 3.63) is 0 Å². The molecule has 2 atom stereocenters. The normalized spacial score (nSPS) is 13.3. The van der Waals surface area contributed by atoms with Crippen LogP contribution in [0, 0.1) is 0 Å². The van der Waals surface area contributed by atoms with Crippen molar-refractivity contribution in [1.29, 1.82) is 0 Å². The number of carbonyl (C=O) groups excluding carboxylic acids is 2. The van der Waals surface area contributed by atoms with Crippen LogP contribution in [0.15, 0.2) is 0 Å². The maximum Gasteiger partial charge on any atom is 0.326 e. The van der Waals surface area contributed by atoms with Gasteiger partial charge >= 0.3 is 12.0 Å². The number of carbonyl (C=O) groups is 3. The van der Waals surface area contributed by atoms with Gasteiger partial charge in [0.1, 0.15) is 6.04 Å². The van der Waals surface area contributed by atoms with E-state index in [0.29, 0.717) is 12.8 Å². The zero-order chi connectivity index (χ0) is 15.5. The minimum absolute atomic E-state index is 0.191. The van der Waals surface area contributed by atoms with Gasteiger partial charge in [0.05, 0.1) is 6.04 Å². The Labute approximate surface area is 122 Å². The Balaban J connectivity index is 4.15. The van der Waals surface area contributed by atoms with Crippen LogP contribution in [0.2, 0.25) is 0 Å². The lowest BCUT2D eigenvalue weighted by atomic mass is 10.1. The van der Waals surface area contributed by atoms with Gasteiger partial charge in [-0.2, -0.15) is 11.8 Å². The summed E-state index contributed by atoms with van der Waals surface area (Å²) in [6.07, 6.45) is 2.97. The first kappa shape index (κ1) is 18.5. The van der Waals surface area contributed by atoms with Gasteiger partial charge in [-0.3, -0.25) is 4.79 Å². The highest BCUT2D eigenvalue weighted by molar-refractivity contribution is 7.98. The molecule has 0 unspecified atom stereocenters. The molecule has 0 saturated carbocycles. The summed E-state index contributed by atoms with van der Waals surface area (Å²) in [6.45, 7) is 0.257. The Morgan fingerprint density at radius 1 is 1.30 bits per heavy atom. The van der Waals surface area contributed by atoms with Crippen LogP contribution in [0.5, 0.6) is 0 Å². The molecule has 0 aliphatic rings. The Morgan fingerprint density at radius 2 is 1.95 bits per heavy atom. The van der Waals surface area contributed by atoms with Crippen molar-refractivity contribution in [3.63, 3.8) is 0 Å². The van der Waals surface area contributed by atoms with E-state index in [-0.39, 0.29) is 13.0 Å². The molecule has 0 aromatic carbocycles. The van der Waals surface area contributed by atoms with E-state index in [1.807, 2.05) is 6.26 Å². The molecule has 0 rings (SSSR count). The van der Waals surface area contributed by atoms with Gasteiger partial charge in [-0.25, -0.2) is 9.59 Å². The number of primary amides is 1. The minimum Gasteiger partial charge on any atom is -0.480 e. The maximum atomic E-state index is 11.7. The fraction of sp³-hybridized carbons (Fsp3) is 0.727. The molecule has 0 aromatic rings. The number of rotatable bonds is 10. The quantitative estimate of drug-likeness (QED) is 0.330. The lowest BCUT2D eigenvalue weighted by Crippen LogP contribution is -2.48. The SMILES string of the molecule is CSCC[C@H](N)C(=O)N[C@@H](CCCNC(N)=O)C(=O)O. The van der Waals surface area contributed by atoms with Crippen molar-refractivity contribution in [1.82, 2.24) is 10.6 Å². The first-order valence-corrected chi connectivity index (χ1v) is 7.58. The van der Waals surface area contributed by atoms with Crippen LogP contribution in [0.4, 0.5) is 4.79 Å². The highest BCUT2D eigenvalue weighted by Crippen LogP contribution is 2.01. The van der Waals surface area contributed by atoms with Gasteiger partial charge < -0.3 is 27.2 Å². The maximum absolute atomic E-state index is 11.7. The van der Waals surface area contributed by atoms with Crippen LogP contribution < -0.4 is 22.1 Å². The highest BCUT2D eigenvalue weighted by Gasteiger charge is 2.22. The topological polar surface area (TPSA) is 148 Å². The van der Waals surface area contributed by atoms with Crippen LogP contribution in [0.25, 0.3) is 0 Å². The van der Waals surface area contributed by atoms with Crippen LogP contribution >= 0.6 is 11.8 Å². The summed E-state index contributed by atoms with van der Waals surface area (Å²) in [7, 11) is 0. The van der Waals surface area contributed by atoms with Gasteiger partial charge in [0.15, 0.2) is 0 Å². The molecule has 0 bridgehead atoms. The summed E-state index contributed by atoms with van der Waals surface area (Å²) in [5.74, 6) is -0.877. The van der Waals surface area contributed by atoms with Crippen LogP contribution in [0.3, 0.4) is 0 Å². The van der Waals surface area contributed by atoms with Crippen molar-refractivity contribution in [2.45, 2.75) is 31.3 Å². The summed E-state index contributed by atoms with van der Waals surface area (Å²) >= 11 is 1.56. The van der Waals surface area contributed by atoms with E-state index in [0.717, 1.165) is 5.75 Å². The van der Waals surface area contributed by atoms with E-state index >= 15 is 0 Å². The smallest absolute Gasteiger partial charge is 0.326 e. The van der Waals surface area contributed by atoms with Crippen LogP contribution in [-0.4, -0.2) is 53.7 Å². The summed E-state index contributed by atoms with van der Waals surface area (Å²) in [4.78, 5) is 33.2. The van der Waals surface area contributed by atoms with Crippen molar-refractivity contribution >= 4 is 29.7 Å². The molecule has 0 saturated heterocycles. The number of carboxylic acid groups (broad SMARTS) is 1.